The highest BCUT2D eigenvalue weighted by atomic mass is 35.5. The van der Waals surface area contributed by atoms with Crippen molar-refractivity contribution in [1.29, 1.82) is 0 Å². The number of nitrogens with one attached hydrogen (secondary N) is 1. The second kappa shape index (κ2) is 9.23. The number of carbonyl (C=O) groups is 2. The number of halogens is 2. The van der Waals surface area contributed by atoms with Crippen molar-refractivity contribution in [2.75, 3.05) is 13.2 Å². The van der Waals surface area contributed by atoms with E-state index in [0.717, 1.165) is 0 Å². The molecule has 2 N–H and O–H groups in total. The lowest BCUT2D eigenvalue weighted by Gasteiger charge is -2.16. The average Bonchev–Trinajstić information content (AvgIpc) is 2.62. The summed E-state index contributed by atoms with van der Waals surface area (Å²) in [6, 6.07) is 8.27. The molecule has 0 spiro atoms. The predicted octanol–water partition coefficient (Wildman–Crippen LogP) is 3.83. The van der Waals surface area contributed by atoms with Crippen LogP contribution in [-0.4, -0.2) is 30.2 Å². The Morgan fingerprint density at radius 1 is 1.19 bits per heavy atom. The van der Waals surface area contributed by atoms with Gasteiger partial charge in [0.25, 0.3) is 5.91 Å². The van der Waals surface area contributed by atoms with Gasteiger partial charge < -0.3 is 19.9 Å². The Labute approximate surface area is 160 Å². The van der Waals surface area contributed by atoms with Gasteiger partial charge in [-0.05, 0) is 49.7 Å². The van der Waals surface area contributed by atoms with Crippen molar-refractivity contribution in [3.8, 4) is 11.5 Å². The van der Waals surface area contributed by atoms with Crippen molar-refractivity contribution >= 4 is 23.5 Å². The molecule has 0 saturated carbocycles. The molecule has 2 rings (SSSR count). The van der Waals surface area contributed by atoms with Crippen LogP contribution in [0.1, 0.15) is 35.8 Å². The third kappa shape index (κ3) is 5.59. The summed E-state index contributed by atoms with van der Waals surface area (Å²) in [5.41, 5.74) is 0.961. The minimum absolute atomic E-state index is 0.0211. The molecule has 0 aromatic heterocycles. The first kappa shape index (κ1) is 20.5. The molecule has 0 bridgehead atoms. The van der Waals surface area contributed by atoms with Crippen LogP contribution in [0.25, 0.3) is 0 Å². The molecular weight excluding hydrogens is 377 g/mol. The summed E-state index contributed by atoms with van der Waals surface area (Å²) in [7, 11) is 0. The van der Waals surface area contributed by atoms with Crippen LogP contribution in [0.15, 0.2) is 36.4 Å². The molecular formula is C19H19ClFNO5. The molecule has 1 atom stereocenters. The minimum atomic E-state index is -1.12. The highest BCUT2D eigenvalue weighted by Gasteiger charge is 2.16. The molecule has 27 heavy (non-hydrogen) atoms. The van der Waals surface area contributed by atoms with Crippen LogP contribution in [0.3, 0.4) is 0 Å². The summed E-state index contributed by atoms with van der Waals surface area (Å²) in [4.78, 5) is 23.2. The smallest absolute Gasteiger partial charge is 0.341 e. The van der Waals surface area contributed by atoms with Gasteiger partial charge in [-0.15, -0.1) is 0 Å². The van der Waals surface area contributed by atoms with Gasteiger partial charge in [-0.3, -0.25) is 4.79 Å². The first-order valence-electron chi connectivity index (χ1n) is 8.19. The van der Waals surface area contributed by atoms with Crippen LogP contribution >= 0.6 is 11.6 Å². The Hall–Kier alpha value is -2.80. The van der Waals surface area contributed by atoms with Crippen molar-refractivity contribution in [3.63, 3.8) is 0 Å². The monoisotopic (exact) mass is 395 g/mol. The van der Waals surface area contributed by atoms with E-state index in [4.69, 9.17) is 26.2 Å². The van der Waals surface area contributed by atoms with E-state index in [2.05, 4.69) is 5.32 Å². The van der Waals surface area contributed by atoms with Gasteiger partial charge in [0.05, 0.1) is 17.7 Å². The van der Waals surface area contributed by atoms with Crippen LogP contribution in [-0.2, 0) is 4.79 Å². The van der Waals surface area contributed by atoms with Crippen molar-refractivity contribution < 1.29 is 28.6 Å². The van der Waals surface area contributed by atoms with Crippen molar-refractivity contribution in [1.82, 2.24) is 5.32 Å². The Morgan fingerprint density at radius 3 is 2.56 bits per heavy atom. The normalized spacial score (nSPS) is 11.6. The zero-order chi connectivity index (χ0) is 20.0. The molecule has 1 unspecified atom stereocenters. The second-order valence-electron chi connectivity index (χ2n) is 5.65. The number of amides is 1. The first-order valence-corrected chi connectivity index (χ1v) is 8.56. The molecule has 0 aliphatic rings. The van der Waals surface area contributed by atoms with E-state index in [1.807, 2.05) is 0 Å². The summed E-state index contributed by atoms with van der Waals surface area (Å²) < 4.78 is 23.9. The Morgan fingerprint density at radius 2 is 1.93 bits per heavy atom. The number of carboxylic acid groups (broad SMARTS) is 1. The summed E-state index contributed by atoms with van der Waals surface area (Å²) in [5.74, 6) is -1.53. The number of hydrogen-bond acceptors (Lipinski definition) is 4. The zero-order valence-electron chi connectivity index (χ0n) is 14.8. The molecule has 144 valence electrons. The molecule has 0 aliphatic heterocycles. The molecule has 2 aromatic rings. The highest BCUT2D eigenvalue weighted by Crippen LogP contribution is 2.29. The summed E-state index contributed by atoms with van der Waals surface area (Å²) in [6.07, 6.45) is 0. The third-order valence-corrected chi connectivity index (χ3v) is 3.94. The van der Waals surface area contributed by atoms with Crippen LogP contribution in [0, 0.1) is 5.82 Å². The van der Waals surface area contributed by atoms with Gasteiger partial charge in [0.1, 0.15) is 5.82 Å². The maximum Gasteiger partial charge on any atom is 0.341 e. The summed E-state index contributed by atoms with van der Waals surface area (Å²) in [6.45, 7) is 3.30. The SMILES string of the molecule is CCOc1cc(C(=O)NC(C)c2ccc(F)c(Cl)c2)ccc1OCC(=O)O. The molecule has 0 radical (unpaired) electrons. The van der Waals surface area contributed by atoms with Crippen LogP contribution in [0.5, 0.6) is 11.5 Å². The standard InChI is InChI=1S/C19H19ClFNO5/c1-3-26-17-9-13(5-7-16(17)27-10-18(23)24)19(25)22-11(2)12-4-6-15(21)14(20)8-12/h4-9,11H,3,10H2,1-2H3,(H,22,25)(H,23,24). The first-order chi connectivity index (χ1) is 12.8. The Bertz CT molecular complexity index is 843. The maximum atomic E-state index is 13.3. The fourth-order valence-electron chi connectivity index (χ4n) is 2.32. The van der Waals surface area contributed by atoms with E-state index in [0.29, 0.717) is 17.7 Å². The molecule has 1 amide bonds. The zero-order valence-corrected chi connectivity index (χ0v) is 15.5. The predicted molar refractivity (Wildman–Crippen MR) is 98.0 cm³/mol. The van der Waals surface area contributed by atoms with Gasteiger partial charge in [0.2, 0.25) is 0 Å². The number of aliphatic carboxylic acids is 1. The fraction of sp³-hybridized carbons (Fsp3) is 0.263. The van der Waals surface area contributed by atoms with Gasteiger partial charge in [0.15, 0.2) is 18.1 Å². The number of carboxylic acids is 1. The van der Waals surface area contributed by atoms with E-state index in [1.165, 1.54) is 30.3 Å². The van der Waals surface area contributed by atoms with Gasteiger partial charge in [-0.1, -0.05) is 17.7 Å². The number of hydrogen-bond donors (Lipinski definition) is 2. The van der Waals surface area contributed by atoms with Crippen molar-refractivity contribution in [2.45, 2.75) is 19.9 Å². The lowest BCUT2D eigenvalue weighted by atomic mass is 10.1. The van der Waals surface area contributed by atoms with Crippen molar-refractivity contribution in [2.24, 2.45) is 0 Å². The molecule has 6 nitrogen and oxygen atoms in total. The number of benzene rings is 2. The van der Waals surface area contributed by atoms with Gasteiger partial charge >= 0.3 is 5.97 Å². The van der Waals surface area contributed by atoms with Gasteiger partial charge in [-0.25, -0.2) is 9.18 Å². The van der Waals surface area contributed by atoms with Crippen LogP contribution in [0.2, 0.25) is 5.02 Å². The molecule has 0 fully saturated rings. The molecule has 8 heteroatoms. The maximum absolute atomic E-state index is 13.3. The topological polar surface area (TPSA) is 84.9 Å². The van der Waals surface area contributed by atoms with Crippen LogP contribution in [0.4, 0.5) is 4.39 Å². The lowest BCUT2D eigenvalue weighted by molar-refractivity contribution is -0.139. The van der Waals surface area contributed by atoms with E-state index >= 15 is 0 Å². The molecule has 0 saturated heterocycles. The van der Waals surface area contributed by atoms with Gasteiger partial charge in [0, 0.05) is 5.56 Å². The quantitative estimate of drug-likeness (QED) is 0.709. The van der Waals surface area contributed by atoms with Crippen molar-refractivity contribution in [3.05, 3.63) is 58.4 Å². The van der Waals surface area contributed by atoms with E-state index in [-0.39, 0.29) is 22.4 Å². The minimum Gasteiger partial charge on any atom is -0.490 e. The Balaban J connectivity index is 2.15. The van der Waals surface area contributed by atoms with E-state index < -0.39 is 24.4 Å². The lowest BCUT2D eigenvalue weighted by Crippen LogP contribution is -2.26. The highest BCUT2D eigenvalue weighted by molar-refractivity contribution is 6.30. The van der Waals surface area contributed by atoms with Crippen LogP contribution < -0.4 is 14.8 Å². The second-order valence-corrected chi connectivity index (χ2v) is 6.05. The summed E-state index contributed by atoms with van der Waals surface area (Å²) >= 11 is 5.78. The van der Waals surface area contributed by atoms with E-state index in [1.54, 1.807) is 19.9 Å². The van der Waals surface area contributed by atoms with E-state index in [9.17, 15) is 14.0 Å². The molecule has 2 aromatic carbocycles. The van der Waals surface area contributed by atoms with Gasteiger partial charge in [-0.2, -0.15) is 0 Å². The number of rotatable bonds is 8. The third-order valence-electron chi connectivity index (χ3n) is 3.65. The summed E-state index contributed by atoms with van der Waals surface area (Å²) in [5, 5.41) is 11.5. The largest absolute Gasteiger partial charge is 0.490 e. The number of carbonyl (C=O) groups excluding carboxylic acids is 1. The molecule has 0 heterocycles. The Kier molecular flexibility index (Phi) is 7.01. The molecule has 0 aliphatic carbocycles. The fourth-order valence-corrected chi connectivity index (χ4v) is 2.51. The number of ether oxygens (including phenoxy) is 2. The average molecular weight is 396 g/mol.